The van der Waals surface area contributed by atoms with Gasteiger partial charge in [0.1, 0.15) is 11.4 Å². The van der Waals surface area contributed by atoms with Crippen molar-refractivity contribution in [3.63, 3.8) is 0 Å². The highest BCUT2D eigenvalue weighted by Crippen LogP contribution is 2.09. The third-order valence-electron chi connectivity index (χ3n) is 2.45. The fraction of sp³-hybridized carbons (Fsp3) is 0.643. The van der Waals surface area contributed by atoms with Crippen molar-refractivity contribution in [2.24, 2.45) is 0 Å². The van der Waals surface area contributed by atoms with Crippen LogP contribution in [0.1, 0.15) is 39.9 Å². The van der Waals surface area contributed by atoms with E-state index in [1.54, 1.807) is 0 Å². The second-order valence-corrected chi connectivity index (χ2v) is 6.78. The number of ether oxygens (including phenoxy) is 1. The van der Waals surface area contributed by atoms with E-state index in [-0.39, 0.29) is 12.1 Å². The lowest BCUT2D eigenvalue weighted by molar-refractivity contribution is 0.0506. The molecule has 0 aliphatic rings. The number of amides is 1. The zero-order valence-electron chi connectivity index (χ0n) is 12.5. The average Bonchev–Trinajstić information content (AvgIpc) is 2.67. The Balaban J connectivity index is 2.14. The van der Waals surface area contributed by atoms with E-state index in [2.05, 4.69) is 33.2 Å². The summed E-state index contributed by atoms with van der Waals surface area (Å²) in [6, 6.07) is 3.95. The van der Waals surface area contributed by atoms with Gasteiger partial charge < -0.3 is 19.8 Å². The number of carbonyl (C=O) groups excluding carboxylic acids is 1. The number of rotatable bonds is 6. The molecule has 0 aliphatic carbocycles. The molecule has 1 aromatic rings. The van der Waals surface area contributed by atoms with E-state index in [0.717, 1.165) is 22.5 Å². The van der Waals surface area contributed by atoms with Crippen molar-refractivity contribution in [2.45, 2.75) is 52.3 Å². The van der Waals surface area contributed by atoms with E-state index in [9.17, 15) is 4.79 Å². The van der Waals surface area contributed by atoms with Gasteiger partial charge in [-0.05, 0) is 75.4 Å². The summed E-state index contributed by atoms with van der Waals surface area (Å²) in [5.41, 5.74) is -0.460. The Morgan fingerprint density at radius 2 is 2.15 bits per heavy atom. The first-order valence-corrected chi connectivity index (χ1v) is 7.78. The fourth-order valence-electron chi connectivity index (χ4n) is 1.56. The highest BCUT2D eigenvalue weighted by molar-refractivity contribution is 14.1. The van der Waals surface area contributed by atoms with Gasteiger partial charge in [-0.3, -0.25) is 0 Å². The average molecular weight is 394 g/mol. The molecule has 1 atom stereocenters. The first kappa shape index (κ1) is 17.3. The Morgan fingerprint density at radius 1 is 1.45 bits per heavy atom. The summed E-state index contributed by atoms with van der Waals surface area (Å²) in [6.07, 6.45) is 0.461. The summed E-state index contributed by atoms with van der Waals surface area (Å²) in [7, 11) is 0. The summed E-state index contributed by atoms with van der Waals surface area (Å²) in [5, 5.41) is 6.09. The van der Waals surface area contributed by atoms with Crippen LogP contribution >= 0.6 is 22.6 Å². The van der Waals surface area contributed by atoms with Crippen LogP contribution in [0.3, 0.4) is 0 Å². The van der Waals surface area contributed by atoms with Crippen LogP contribution in [0.2, 0.25) is 0 Å². The largest absolute Gasteiger partial charge is 0.454 e. The molecule has 0 aliphatic heterocycles. The number of alkyl carbamates (subject to hydrolysis) is 1. The molecule has 1 rings (SSSR count). The lowest BCUT2D eigenvalue weighted by Crippen LogP contribution is -2.38. The molecule has 0 saturated carbocycles. The summed E-state index contributed by atoms with van der Waals surface area (Å²) in [5.74, 6) is 0.919. The number of furan rings is 1. The van der Waals surface area contributed by atoms with Crippen LogP contribution in [0.4, 0.5) is 4.79 Å². The minimum absolute atomic E-state index is 0.0640. The Hall–Kier alpha value is -0.760. The molecule has 1 amide bonds. The van der Waals surface area contributed by atoms with Crippen molar-refractivity contribution in [2.75, 3.05) is 6.54 Å². The zero-order chi connectivity index (χ0) is 15.2. The van der Waals surface area contributed by atoms with Crippen LogP contribution < -0.4 is 10.6 Å². The van der Waals surface area contributed by atoms with Gasteiger partial charge in [-0.25, -0.2) is 4.79 Å². The smallest absolute Gasteiger partial charge is 0.407 e. The van der Waals surface area contributed by atoms with E-state index < -0.39 is 5.60 Å². The van der Waals surface area contributed by atoms with Crippen LogP contribution in [0.5, 0.6) is 0 Å². The van der Waals surface area contributed by atoms with Crippen molar-refractivity contribution >= 4 is 28.7 Å². The Bertz CT molecular complexity index is 426. The van der Waals surface area contributed by atoms with E-state index >= 15 is 0 Å². The van der Waals surface area contributed by atoms with Gasteiger partial charge in [0.2, 0.25) is 0 Å². The number of halogens is 1. The van der Waals surface area contributed by atoms with E-state index in [1.807, 2.05) is 39.8 Å². The molecule has 1 aromatic heterocycles. The maximum absolute atomic E-state index is 11.6. The lowest BCUT2D eigenvalue weighted by atomic mass is 10.2. The van der Waals surface area contributed by atoms with Gasteiger partial charge in [-0.15, -0.1) is 0 Å². The van der Waals surface area contributed by atoms with Crippen molar-refractivity contribution in [3.05, 3.63) is 21.7 Å². The quantitative estimate of drug-likeness (QED) is 0.574. The predicted molar refractivity (Wildman–Crippen MR) is 86.6 cm³/mol. The molecule has 0 aromatic carbocycles. The molecule has 5 nitrogen and oxygen atoms in total. The standard InChI is InChI=1S/C14H23IN2O3/c1-10(17-13(18)20-14(2,3)4)7-8-16-9-11-5-6-12(15)19-11/h5-6,10,16H,7-9H2,1-4H3,(H,17,18). The summed E-state index contributed by atoms with van der Waals surface area (Å²) in [6.45, 7) is 9.01. The maximum Gasteiger partial charge on any atom is 0.407 e. The molecule has 6 heteroatoms. The van der Waals surface area contributed by atoms with Crippen molar-refractivity contribution in [1.29, 1.82) is 0 Å². The zero-order valence-corrected chi connectivity index (χ0v) is 14.6. The first-order chi connectivity index (χ1) is 9.26. The summed E-state index contributed by atoms with van der Waals surface area (Å²) in [4.78, 5) is 11.6. The number of nitrogens with one attached hydrogen (secondary N) is 2. The first-order valence-electron chi connectivity index (χ1n) is 6.71. The molecule has 0 saturated heterocycles. The van der Waals surface area contributed by atoms with Crippen LogP contribution in [-0.4, -0.2) is 24.3 Å². The third-order valence-corrected chi connectivity index (χ3v) is 3.03. The van der Waals surface area contributed by atoms with Gasteiger partial charge in [0, 0.05) is 6.04 Å². The van der Waals surface area contributed by atoms with Crippen molar-refractivity contribution in [1.82, 2.24) is 10.6 Å². The molecule has 20 heavy (non-hydrogen) atoms. The van der Waals surface area contributed by atoms with Gasteiger partial charge in [0.15, 0.2) is 3.77 Å². The van der Waals surface area contributed by atoms with Gasteiger partial charge in [-0.1, -0.05) is 0 Å². The lowest BCUT2D eigenvalue weighted by Gasteiger charge is -2.22. The van der Waals surface area contributed by atoms with E-state index in [4.69, 9.17) is 9.15 Å². The fourth-order valence-corrected chi connectivity index (χ4v) is 2.02. The molecule has 114 valence electrons. The second kappa shape index (κ2) is 7.87. The second-order valence-electron chi connectivity index (χ2n) is 5.72. The molecule has 0 bridgehead atoms. The number of hydrogen-bond acceptors (Lipinski definition) is 4. The molecular weight excluding hydrogens is 371 g/mol. The summed E-state index contributed by atoms with van der Waals surface area (Å²) >= 11 is 2.14. The van der Waals surface area contributed by atoms with Gasteiger partial charge in [0.25, 0.3) is 0 Å². The minimum Gasteiger partial charge on any atom is -0.454 e. The van der Waals surface area contributed by atoms with E-state index in [1.165, 1.54) is 0 Å². The summed E-state index contributed by atoms with van der Waals surface area (Å²) < 4.78 is 11.5. The Kier molecular flexibility index (Phi) is 6.81. The van der Waals surface area contributed by atoms with Gasteiger partial charge in [0.05, 0.1) is 6.54 Å². The van der Waals surface area contributed by atoms with Crippen molar-refractivity contribution < 1.29 is 13.9 Å². The van der Waals surface area contributed by atoms with Crippen LogP contribution in [0.15, 0.2) is 16.5 Å². The molecule has 0 spiro atoms. The molecule has 0 radical (unpaired) electrons. The number of hydrogen-bond donors (Lipinski definition) is 2. The molecule has 1 heterocycles. The van der Waals surface area contributed by atoms with Crippen molar-refractivity contribution in [3.8, 4) is 0 Å². The molecular formula is C14H23IN2O3. The maximum atomic E-state index is 11.6. The molecule has 0 fully saturated rings. The van der Waals surface area contributed by atoms with Crippen LogP contribution in [-0.2, 0) is 11.3 Å². The molecule has 2 N–H and O–H groups in total. The van der Waals surface area contributed by atoms with Gasteiger partial charge >= 0.3 is 6.09 Å². The third kappa shape index (κ3) is 7.74. The predicted octanol–water partition coefficient (Wildman–Crippen LogP) is 3.28. The normalized spacial score (nSPS) is 13.1. The van der Waals surface area contributed by atoms with Gasteiger partial charge in [-0.2, -0.15) is 0 Å². The Morgan fingerprint density at radius 3 is 2.70 bits per heavy atom. The number of carbonyl (C=O) groups is 1. The minimum atomic E-state index is -0.460. The monoisotopic (exact) mass is 394 g/mol. The Labute approximate surface area is 134 Å². The SMILES string of the molecule is CC(CCNCc1ccc(I)o1)NC(=O)OC(C)(C)C. The van der Waals surface area contributed by atoms with Crippen LogP contribution in [0.25, 0.3) is 0 Å². The highest BCUT2D eigenvalue weighted by atomic mass is 127. The topological polar surface area (TPSA) is 63.5 Å². The van der Waals surface area contributed by atoms with E-state index in [0.29, 0.717) is 6.54 Å². The highest BCUT2D eigenvalue weighted by Gasteiger charge is 2.17. The molecule has 1 unspecified atom stereocenters. The van der Waals surface area contributed by atoms with Crippen LogP contribution in [0, 0.1) is 3.77 Å².